The lowest BCUT2D eigenvalue weighted by atomic mass is 10.00. The van der Waals surface area contributed by atoms with Crippen LogP contribution >= 0.6 is 0 Å². The van der Waals surface area contributed by atoms with Crippen molar-refractivity contribution < 1.29 is 18.7 Å². The van der Waals surface area contributed by atoms with E-state index in [1.54, 1.807) is 36.4 Å². The Kier molecular flexibility index (Phi) is 4.61. The molecule has 0 spiro atoms. The Balaban J connectivity index is 1.42. The Morgan fingerprint density at radius 2 is 1.74 bits per heavy atom. The highest BCUT2D eigenvalue weighted by Crippen LogP contribution is 2.31. The maximum Gasteiger partial charge on any atom is 0.291 e. The molecule has 0 bridgehead atoms. The molecule has 1 atom stereocenters. The Morgan fingerprint density at radius 3 is 2.52 bits per heavy atom. The van der Waals surface area contributed by atoms with Crippen molar-refractivity contribution in [1.29, 1.82) is 0 Å². The summed E-state index contributed by atoms with van der Waals surface area (Å²) in [5.41, 5.74) is 2.10. The molecule has 2 heterocycles. The summed E-state index contributed by atoms with van der Waals surface area (Å²) in [6.45, 7) is 0.569. The topological polar surface area (TPSA) is 80.6 Å². The lowest BCUT2D eigenvalue weighted by Gasteiger charge is -2.26. The second kappa shape index (κ2) is 7.37. The highest BCUT2D eigenvalue weighted by molar-refractivity contribution is 6.02. The van der Waals surface area contributed by atoms with Crippen LogP contribution in [0.4, 0.5) is 5.69 Å². The Morgan fingerprint density at radius 1 is 0.926 bits per heavy atom. The number of amides is 2. The summed E-state index contributed by atoms with van der Waals surface area (Å²) in [5, 5.41) is 5.78. The molecule has 2 aromatic carbocycles. The summed E-state index contributed by atoms with van der Waals surface area (Å²) in [4.78, 5) is 24.6. The monoisotopic (exact) mass is 362 g/mol. The Hall–Kier alpha value is -3.54. The summed E-state index contributed by atoms with van der Waals surface area (Å²) in [7, 11) is 0. The van der Waals surface area contributed by atoms with Crippen LogP contribution in [0.1, 0.15) is 38.9 Å². The molecule has 1 aliphatic heterocycles. The van der Waals surface area contributed by atoms with Gasteiger partial charge in [-0.25, -0.2) is 0 Å². The molecule has 4 rings (SSSR count). The molecule has 27 heavy (non-hydrogen) atoms. The molecule has 1 aromatic heterocycles. The van der Waals surface area contributed by atoms with Gasteiger partial charge in [0.05, 0.1) is 18.9 Å². The predicted molar refractivity (Wildman–Crippen MR) is 99.9 cm³/mol. The van der Waals surface area contributed by atoms with Gasteiger partial charge in [0.25, 0.3) is 11.8 Å². The number of hydrogen-bond donors (Lipinski definition) is 2. The first-order chi connectivity index (χ1) is 13.2. The van der Waals surface area contributed by atoms with Crippen molar-refractivity contribution in [2.24, 2.45) is 0 Å². The summed E-state index contributed by atoms with van der Waals surface area (Å²) >= 11 is 0. The van der Waals surface area contributed by atoms with Crippen LogP contribution in [0.2, 0.25) is 0 Å². The molecule has 3 aromatic rings. The van der Waals surface area contributed by atoms with Crippen LogP contribution in [-0.2, 0) is 0 Å². The van der Waals surface area contributed by atoms with E-state index in [1.165, 1.54) is 6.26 Å². The van der Waals surface area contributed by atoms with Crippen molar-refractivity contribution in [2.75, 3.05) is 11.9 Å². The molecule has 0 unspecified atom stereocenters. The molecule has 6 nitrogen and oxygen atoms in total. The first-order valence-electron chi connectivity index (χ1n) is 8.68. The average molecular weight is 362 g/mol. The van der Waals surface area contributed by atoms with Crippen molar-refractivity contribution in [3.05, 3.63) is 83.8 Å². The van der Waals surface area contributed by atoms with E-state index in [4.69, 9.17) is 9.15 Å². The summed E-state index contributed by atoms with van der Waals surface area (Å²) in [6.07, 6.45) is 2.16. The SMILES string of the molecule is O=C(N[C@H]1CCOc2ccccc21)c1ccc(NC(=O)c2ccco2)cc1. The van der Waals surface area contributed by atoms with Crippen molar-refractivity contribution in [1.82, 2.24) is 5.32 Å². The van der Waals surface area contributed by atoms with Crippen molar-refractivity contribution in [3.8, 4) is 5.75 Å². The number of rotatable bonds is 4. The summed E-state index contributed by atoms with van der Waals surface area (Å²) in [6, 6.07) is 17.6. The number of anilines is 1. The number of hydrogen-bond acceptors (Lipinski definition) is 4. The van der Waals surface area contributed by atoms with E-state index in [0.717, 1.165) is 17.7 Å². The van der Waals surface area contributed by atoms with Gasteiger partial charge in [-0.05, 0) is 42.5 Å². The van der Waals surface area contributed by atoms with Gasteiger partial charge in [0.15, 0.2) is 5.76 Å². The minimum absolute atomic E-state index is 0.0826. The highest BCUT2D eigenvalue weighted by Gasteiger charge is 2.23. The molecular weight excluding hydrogens is 344 g/mol. The normalized spacial score (nSPS) is 15.3. The molecule has 2 N–H and O–H groups in total. The third-order valence-corrected chi connectivity index (χ3v) is 4.41. The third-order valence-electron chi connectivity index (χ3n) is 4.41. The fraction of sp³-hybridized carbons (Fsp3) is 0.143. The number of benzene rings is 2. The second-order valence-electron chi connectivity index (χ2n) is 6.21. The number of fused-ring (bicyclic) bond motifs is 1. The fourth-order valence-electron chi connectivity index (χ4n) is 3.04. The fourth-order valence-corrected chi connectivity index (χ4v) is 3.04. The van der Waals surface area contributed by atoms with Crippen LogP contribution in [0.3, 0.4) is 0 Å². The van der Waals surface area contributed by atoms with E-state index in [-0.39, 0.29) is 23.6 Å². The van der Waals surface area contributed by atoms with Gasteiger partial charge in [-0.1, -0.05) is 18.2 Å². The quantitative estimate of drug-likeness (QED) is 0.740. The van der Waals surface area contributed by atoms with E-state index in [0.29, 0.717) is 17.9 Å². The van der Waals surface area contributed by atoms with Crippen LogP contribution in [0.15, 0.2) is 71.3 Å². The van der Waals surface area contributed by atoms with E-state index in [9.17, 15) is 9.59 Å². The number of ether oxygens (including phenoxy) is 1. The van der Waals surface area contributed by atoms with Gasteiger partial charge in [0, 0.05) is 23.2 Å². The summed E-state index contributed by atoms with van der Waals surface area (Å²) < 4.78 is 10.7. The maximum absolute atomic E-state index is 12.6. The Labute approximate surface area is 156 Å². The Bertz CT molecular complexity index is 949. The number of nitrogens with one attached hydrogen (secondary N) is 2. The van der Waals surface area contributed by atoms with Gasteiger partial charge in [-0.2, -0.15) is 0 Å². The zero-order valence-electron chi connectivity index (χ0n) is 14.5. The van der Waals surface area contributed by atoms with Gasteiger partial charge in [-0.3, -0.25) is 9.59 Å². The molecule has 0 radical (unpaired) electrons. The van der Waals surface area contributed by atoms with Crippen molar-refractivity contribution in [3.63, 3.8) is 0 Å². The van der Waals surface area contributed by atoms with Crippen LogP contribution in [0.5, 0.6) is 5.75 Å². The van der Waals surface area contributed by atoms with E-state index in [2.05, 4.69) is 10.6 Å². The number of para-hydroxylation sites is 1. The second-order valence-corrected chi connectivity index (χ2v) is 6.21. The number of carbonyl (C=O) groups is 2. The van der Waals surface area contributed by atoms with E-state index >= 15 is 0 Å². The lowest BCUT2D eigenvalue weighted by Crippen LogP contribution is -2.32. The molecule has 1 aliphatic rings. The van der Waals surface area contributed by atoms with Crippen LogP contribution < -0.4 is 15.4 Å². The lowest BCUT2D eigenvalue weighted by molar-refractivity contribution is 0.0924. The maximum atomic E-state index is 12.6. The number of carbonyl (C=O) groups excluding carboxylic acids is 2. The molecular formula is C21H18N2O4. The minimum atomic E-state index is -0.337. The summed E-state index contributed by atoms with van der Waals surface area (Å²) in [5.74, 6) is 0.539. The highest BCUT2D eigenvalue weighted by atomic mass is 16.5. The first kappa shape index (κ1) is 16.9. The zero-order valence-corrected chi connectivity index (χ0v) is 14.5. The zero-order chi connectivity index (χ0) is 18.6. The van der Waals surface area contributed by atoms with Gasteiger partial charge >= 0.3 is 0 Å². The number of furan rings is 1. The molecule has 0 saturated heterocycles. The van der Waals surface area contributed by atoms with Gasteiger partial charge < -0.3 is 19.8 Å². The average Bonchev–Trinajstić information content (AvgIpc) is 3.24. The van der Waals surface area contributed by atoms with E-state index in [1.807, 2.05) is 24.3 Å². The standard InChI is InChI=1S/C21H18N2O4/c24-20(23-17-11-13-27-18-5-2-1-4-16(17)18)14-7-9-15(10-8-14)22-21(25)19-6-3-12-26-19/h1-10,12,17H,11,13H2,(H,22,25)(H,23,24)/t17-/m0/s1. The predicted octanol–water partition coefficient (Wildman–Crippen LogP) is 3.79. The molecule has 6 heteroatoms. The third kappa shape index (κ3) is 3.69. The largest absolute Gasteiger partial charge is 0.493 e. The smallest absolute Gasteiger partial charge is 0.291 e. The van der Waals surface area contributed by atoms with Crippen molar-refractivity contribution in [2.45, 2.75) is 12.5 Å². The van der Waals surface area contributed by atoms with Crippen LogP contribution in [-0.4, -0.2) is 18.4 Å². The molecule has 0 aliphatic carbocycles. The van der Waals surface area contributed by atoms with Crippen molar-refractivity contribution >= 4 is 17.5 Å². The van der Waals surface area contributed by atoms with Crippen LogP contribution in [0, 0.1) is 0 Å². The molecule has 136 valence electrons. The molecule has 0 fully saturated rings. The van der Waals surface area contributed by atoms with Crippen LogP contribution in [0.25, 0.3) is 0 Å². The van der Waals surface area contributed by atoms with Gasteiger partial charge in [0.1, 0.15) is 5.75 Å². The first-order valence-corrected chi connectivity index (χ1v) is 8.68. The molecule has 0 saturated carbocycles. The van der Waals surface area contributed by atoms with E-state index < -0.39 is 0 Å². The molecule has 2 amide bonds. The van der Waals surface area contributed by atoms with Gasteiger partial charge in [0.2, 0.25) is 0 Å². The minimum Gasteiger partial charge on any atom is -0.493 e. The van der Waals surface area contributed by atoms with Gasteiger partial charge in [-0.15, -0.1) is 0 Å².